The molecule has 0 saturated heterocycles. The van der Waals surface area contributed by atoms with Crippen molar-refractivity contribution in [2.45, 2.75) is 32.2 Å². The number of fused-ring (bicyclic) bond motifs is 1. The highest BCUT2D eigenvalue weighted by Gasteiger charge is 2.30. The number of rotatable bonds is 5. The smallest absolute Gasteiger partial charge is 0.155 e. The van der Waals surface area contributed by atoms with Gasteiger partial charge in [-0.2, -0.15) is 5.10 Å². The van der Waals surface area contributed by atoms with E-state index in [1.807, 2.05) is 16.8 Å². The van der Waals surface area contributed by atoms with Gasteiger partial charge in [0.05, 0.1) is 6.20 Å². The SMILES string of the molecule is CCNC(Cc1ccn2nccc2n1)C1CC1. The molecule has 0 bridgehead atoms. The van der Waals surface area contributed by atoms with Gasteiger partial charge < -0.3 is 5.32 Å². The van der Waals surface area contributed by atoms with Crippen LogP contribution in [0, 0.1) is 5.92 Å². The van der Waals surface area contributed by atoms with Crippen molar-refractivity contribution < 1.29 is 0 Å². The van der Waals surface area contributed by atoms with Crippen molar-refractivity contribution in [2.24, 2.45) is 5.92 Å². The summed E-state index contributed by atoms with van der Waals surface area (Å²) in [6.07, 6.45) is 7.54. The maximum Gasteiger partial charge on any atom is 0.155 e. The van der Waals surface area contributed by atoms with Gasteiger partial charge in [0.15, 0.2) is 5.65 Å². The van der Waals surface area contributed by atoms with Gasteiger partial charge in [-0.3, -0.25) is 0 Å². The number of likely N-dealkylation sites (N-methyl/N-ethyl adjacent to an activating group) is 1. The minimum Gasteiger partial charge on any atom is -0.314 e. The van der Waals surface area contributed by atoms with Crippen molar-refractivity contribution in [3.05, 3.63) is 30.2 Å². The molecule has 0 spiro atoms. The van der Waals surface area contributed by atoms with Crippen LogP contribution in [0.2, 0.25) is 0 Å². The van der Waals surface area contributed by atoms with Crippen LogP contribution in [0.5, 0.6) is 0 Å². The van der Waals surface area contributed by atoms with Gasteiger partial charge in [0.1, 0.15) is 0 Å². The number of hydrogen-bond acceptors (Lipinski definition) is 3. The lowest BCUT2D eigenvalue weighted by atomic mass is 10.1. The molecule has 3 rings (SSSR count). The van der Waals surface area contributed by atoms with E-state index in [2.05, 4.69) is 28.4 Å². The molecule has 1 aliphatic carbocycles. The molecule has 1 unspecified atom stereocenters. The fourth-order valence-corrected chi connectivity index (χ4v) is 2.36. The minimum atomic E-state index is 0.595. The first kappa shape index (κ1) is 10.7. The second-order valence-electron chi connectivity index (χ2n) is 4.76. The average Bonchev–Trinajstić information content (AvgIpc) is 3.07. The van der Waals surface area contributed by atoms with Gasteiger partial charge in [-0.05, 0) is 31.4 Å². The Kier molecular flexibility index (Phi) is 2.81. The quantitative estimate of drug-likeness (QED) is 0.849. The Bertz CT molecular complexity index is 501. The van der Waals surface area contributed by atoms with Crippen LogP contribution >= 0.6 is 0 Å². The van der Waals surface area contributed by atoms with Crippen molar-refractivity contribution in [3.8, 4) is 0 Å². The highest BCUT2D eigenvalue weighted by molar-refractivity contribution is 5.36. The summed E-state index contributed by atoms with van der Waals surface area (Å²) in [6, 6.07) is 4.62. The first-order valence-electron chi connectivity index (χ1n) is 6.39. The summed E-state index contributed by atoms with van der Waals surface area (Å²) in [4.78, 5) is 4.63. The van der Waals surface area contributed by atoms with Gasteiger partial charge in [-0.1, -0.05) is 6.92 Å². The largest absolute Gasteiger partial charge is 0.314 e. The number of hydrogen-bond donors (Lipinski definition) is 1. The molecule has 2 heterocycles. The number of aromatic nitrogens is 3. The zero-order chi connectivity index (χ0) is 11.7. The van der Waals surface area contributed by atoms with Crippen LogP contribution in [0.3, 0.4) is 0 Å². The minimum absolute atomic E-state index is 0.595. The van der Waals surface area contributed by atoms with E-state index in [1.54, 1.807) is 6.20 Å². The molecule has 0 amide bonds. The molecule has 4 heteroatoms. The normalized spacial score (nSPS) is 17.5. The highest BCUT2D eigenvalue weighted by Crippen LogP contribution is 2.33. The van der Waals surface area contributed by atoms with Gasteiger partial charge in [-0.25, -0.2) is 9.50 Å². The van der Waals surface area contributed by atoms with Crippen molar-refractivity contribution in [3.63, 3.8) is 0 Å². The van der Waals surface area contributed by atoms with Gasteiger partial charge >= 0.3 is 0 Å². The van der Waals surface area contributed by atoms with Crippen molar-refractivity contribution in [2.75, 3.05) is 6.54 Å². The molecule has 0 aromatic carbocycles. The zero-order valence-electron chi connectivity index (χ0n) is 10.1. The van der Waals surface area contributed by atoms with Crippen LogP contribution in [-0.4, -0.2) is 27.2 Å². The molecular weight excluding hydrogens is 212 g/mol. The summed E-state index contributed by atoms with van der Waals surface area (Å²) < 4.78 is 1.81. The third-order valence-electron chi connectivity index (χ3n) is 3.40. The first-order valence-corrected chi connectivity index (χ1v) is 6.39. The molecular formula is C13H18N4. The van der Waals surface area contributed by atoms with E-state index >= 15 is 0 Å². The Balaban J connectivity index is 1.77. The van der Waals surface area contributed by atoms with Crippen LogP contribution < -0.4 is 5.32 Å². The van der Waals surface area contributed by atoms with Gasteiger partial charge in [-0.15, -0.1) is 0 Å². The number of nitrogens with zero attached hydrogens (tertiary/aromatic N) is 3. The van der Waals surface area contributed by atoms with E-state index in [1.165, 1.54) is 12.8 Å². The average molecular weight is 230 g/mol. The Hall–Kier alpha value is -1.42. The molecule has 0 aliphatic heterocycles. The van der Waals surface area contributed by atoms with Crippen molar-refractivity contribution in [1.82, 2.24) is 19.9 Å². The Morgan fingerprint density at radius 1 is 1.47 bits per heavy atom. The molecule has 0 radical (unpaired) electrons. The standard InChI is InChI=1S/C13H18N4/c1-2-14-12(10-3-4-10)9-11-6-8-17-13(16-11)5-7-15-17/h5-8,10,12,14H,2-4,9H2,1H3. The fraction of sp³-hybridized carbons (Fsp3) is 0.538. The summed E-state index contributed by atoms with van der Waals surface area (Å²) in [6.45, 7) is 3.21. The molecule has 1 fully saturated rings. The lowest BCUT2D eigenvalue weighted by Crippen LogP contribution is -2.33. The van der Waals surface area contributed by atoms with E-state index in [0.717, 1.165) is 30.2 Å². The third kappa shape index (κ3) is 2.31. The van der Waals surface area contributed by atoms with E-state index in [4.69, 9.17) is 0 Å². The predicted octanol–water partition coefficient (Wildman–Crippen LogP) is 1.66. The first-order chi connectivity index (χ1) is 8.36. The predicted molar refractivity (Wildman–Crippen MR) is 66.9 cm³/mol. The van der Waals surface area contributed by atoms with E-state index in [0.29, 0.717) is 6.04 Å². The molecule has 17 heavy (non-hydrogen) atoms. The van der Waals surface area contributed by atoms with Crippen LogP contribution in [-0.2, 0) is 6.42 Å². The molecule has 2 aromatic heterocycles. The molecule has 1 atom stereocenters. The van der Waals surface area contributed by atoms with Crippen LogP contribution in [0.25, 0.3) is 5.65 Å². The van der Waals surface area contributed by atoms with E-state index < -0.39 is 0 Å². The highest BCUT2D eigenvalue weighted by atomic mass is 15.2. The van der Waals surface area contributed by atoms with Gasteiger partial charge in [0, 0.05) is 30.4 Å². The zero-order valence-corrected chi connectivity index (χ0v) is 10.1. The summed E-state index contributed by atoms with van der Waals surface area (Å²) in [5, 5.41) is 7.73. The number of nitrogens with one attached hydrogen (secondary N) is 1. The lowest BCUT2D eigenvalue weighted by molar-refractivity contribution is 0.468. The van der Waals surface area contributed by atoms with Gasteiger partial charge in [0.25, 0.3) is 0 Å². The van der Waals surface area contributed by atoms with Gasteiger partial charge in [0.2, 0.25) is 0 Å². The second kappa shape index (κ2) is 4.45. The van der Waals surface area contributed by atoms with E-state index in [-0.39, 0.29) is 0 Å². The Morgan fingerprint density at radius 2 is 2.35 bits per heavy atom. The Labute approximate surface area is 101 Å². The third-order valence-corrected chi connectivity index (χ3v) is 3.40. The second-order valence-corrected chi connectivity index (χ2v) is 4.76. The fourth-order valence-electron chi connectivity index (χ4n) is 2.36. The maximum atomic E-state index is 4.63. The van der Waals surface area contributed by atoms with Crippen LogP contribution in [0.4, 0.5) is 0 Å². The monoisotopic (exact) mass is 230 g/mol. The topological polar surface area (TPSA) is 42.2 Å². The van der Waals surface area contributed by atoms with Crippen LogP contribution in [0.1, 0.15) is 25.5 Å². The molecule has 2 aromatic rings. The van der Waals surface area contributed by atoms with E-state index in [9.17, 15) is 0 Å². The molecule has 1 saturated carbocycles. The summed E-state index contributed by atoms with van der Waals surface area (Å²) in [5.41, 5.74) is 2.10. The lowest BCUT2D eigenvalue weighted by Gasteiger charge is -2.16. The summed E-state index contributed by atoms with van der Waals surface area (Å²) >= 11 is 0. The molecule has 1 aliphatic rings. The molecule has 1 N–H and O–H groups in total. The maximum absolute atomic E-state index is 4.63. The summed E-state index contributed by atoms with van der Waals surface area (Å²) in [5.74, 6) is 0.859. The van der Waals surface area contributed by atoms with Crippen molar-refractivity contribution >= 4 is 5.65 Å². The van der Waals surface area contributed by atoms with Crippen molar-refractivity contribution in [1.29, 1.82) is 0 Å². The summed E-state index contributed by atoms with van der Waals surface area (Å²) in [7, 11) is 0. The molecule has 4 nitrogen and oxygen atoms in total. The molecule has 90 valence electrons. The van der Waals surface area contributed by atoms with Crippen LogP contribution in [0.15, 0.2) is 24.5 Å². The Morgan fingerprint density at radius 3 is 3.12 bits per heavy atom.